The largest absolute Gasteiger partial charge is 0.340 e. The van der Waals surface area contributed by atoms with Crippen molar-refractivity contribution in [2.45, 2.75) is 13.1 Å². The van der Waals surface area contributed by atoms with E-state index < -0.39 is 0 Å². The van der Waals surface area contributed by atoms with Crippen LogP contribution in [0, 0.1) is 11.3 Å². The zero-order valence-electron chi connectivity index (χ0n) is 11.7. The lowest BCUT2D eigenvalue weighted by atomic mass is 10.1. The molecule has 0 bridgehead atoms. The number of amides is 1. The van der Waals surface area contributed by atoms with Gasteiger partial charge < -0.3 is 9.47 Å². The highest BCUT2D eigenvalue weighted by atomic mass is 16.2. The van der Waals surface area contributed by atoms with Crippen LogP contribution in [0.4, 0.5) is 0 Å². The summed E-state index contributed by atoms with van der Waals surface area (Å²) in [7, 11) is 1.68. The van der Waals surface area contributed by atoms with Crippen LogP contribution in [0.25, 0.3) is 0 Å². The molecular weight excluding hydrogens is 266 g/mol. The standard InChI is InChI=1S/C16H15N3O2/c1-18(11-14-6-4-5-13(9-14)10-17)16(21)12-19-8-3-2-7-15(19)20/h2-9H,11-12H2,1H3. The van der Waals surface area contributed by atoms with Gasteiger partial charge in [-0.25, -0.2) is 0 Å². The number of hydrogen-bond acceptors (Lipinski definition) is 3. The molecule has 0 unspecified atom stereocenters. The molecule has 0 spiro atoms. The maximum absolute atomic E-state index is 12.1. The van der Waals surface area contributed by atoms with Gasteiger partial charge in [0.15, 0.2) is 0 Å². The topological polar surface area (TPSA) is 66.1 Å². The van der Waals surface area contributed by atoms with Crippen LogP contribution in [0.3, 0.4) is 0 Å². The number of carbonyl (C=O) groups is 1. The number of nitriles is 1. The van der Waals surface area contributed by atoms with Crippen molar-refractivity contribution in [3.63, 3.8) is 0 Å². The van der Waals surface area contributed by atoms with Crippen LogP contribution in [-0.2, 0) is 17.9 Å². The summed E-state index contributed by atoms with van der Waals surface area (Å²) < 4.78 is 1.37. The molecule has 0 saturated carbocycles. The minimum Gasteiger partial charge on any atom is -0.340 e. The van der Waals surface area contributed by atoms with E-state index in [-0.39, 0.29) is 18.0 Å². The van der Waals surface area contributed by atoms with Gasteiger partial charge in [-0.3, -0.25) is 9.59 Å². The zero-order valence-corrected chi connectivity index (χ0v) is 11.7. The van der Waals surface area contributed by atoms with Crippen LogP contribution in [0.15, 0.2) is 53.5 Å². The summed E-state index contributed by atoms with van der Waals surface area (Å²) in [4.78, 5) is 25.2. The van der Waals surface area contributed by atoms with Crippen molar-refractivity contribution in [1.29, 1.82) is 5.26 Å². The predicted octanol–water partition coefficient (Wildman–Crippen LogP) is 1.38. The predicted molar refractivity (Wildman–Crippen MR) is 78.3 cm³/mol. The molecule has 1 heterocycles. The monoisotopic (exact) mass is 281 g/mol. The Hall–Kier alpha value is -2.87. The number of aromatic nitrogens is 1. The van der Waals surface area contributed by atoms with E-state index in [0.717, 1.165) is 5.56 Å². The van der Waals surface area contributed by atoms with Crippen LogP contribution in [0.2, 0.25) is 0 Å². The first-order valence-corrected chi connectivity index (χ1v) is 6.48. The summed E-state index contributed by atoms with van der Waals surface area (Å²) in [5.74, 6) is -0.161. The second-order valence-electron chi connectivity index (χ2n) is 4.73. The van der Waals surface area contributed by atoms with Gasteiger partial charge in [0.05, 0.1) is 11.6 Å². The van der Waals surface area contributed by atoms with E-state index in [4.69, 9.17) is 5.26 Å². The van der Waals surface area contributed by atoms with Crippen molar-refractivity contribution in [1.82, 2.24) is 9.47 Å². The fraction of sp³-hybridized carbons (Fsp3) is 0.188. The summed E-state index contributed by atoms with van der Waals surface area (Å²) >= 11 is 0. The second-order valence-corrected chi connectivity index (χ2v) is 4.73. The lowest BCUT2D eigenvalue weighted by Crippen LogP contribution is -2.33. The first-order chi connectivity index (χ1) is 10.1. The van der Waals surface area contributed by atoms with Crippen LogP contribution in [0.1, 0.15) is 11.1 Å². The van der Waals surface area contributed by atoms with Gasteiger partial charge in [-0.05, 0) is 23.8 Å². The minimum absolute atomic E-state index is 0.00805. The third-order valence-corrected chi connectivity index (χ3v) is 3.11. The molecule has 106 valence electrons. The van der Waals surface area contributed by atoms with E-state index in [1.807, 2.05) is 6.07 Å². The molecule has 0 N–H and O–H groups in total. The van der Waals surface area contributed by atoms with Gasteiger partial charge in [-0.2, -0.15) is 5.26 Å². The quantitative estimate of drug-likeness (QED) is 0.850. The highest BCUT2D eigenvalue weighted by Crippen LogP contribution is 2.07. The van der Waals surface area contributed by atoms with Gasteiger partial charge in [-0.1, -0.05) is 18.2 Å². The average Bonchev–Trinajstić information content (AvgIpc) is 2.49. The van der Waals surface area contributed by atoms with E-state index >= 15 is 0 Å². The molecule has 0 fully saturated rings. The third-order valence-electron chi connectivity index (χ3n) is 3.11. The van der Waals surface area contributed by atoms with Crippen LogP contribution < -0.4 is 5.56 Å². The number of nitrogens with zero attached hydrogens (tertiary/aromatic N) is 3. The molecule has 0 atom stereocenters. The molecule has 2 rings (SSSR count). The van der Waals surface area contributed by atoms with Crippen molar-refractivity contribution >= 4 is 5.91 Å². The highest BCUT2D eigenvalue weighted by molar-refractivity contribution is 5.75. The molecule has 0 aliphatic heterocycles. The van der Waals surface area contributed by atoms with Crippen molar-refractivity contribution < 1.29 is 4.79 Å². The Balaban J connectivity index is 2.04. The average molecular weight is 281 g/mol. The molecule has 5 nitrogen and oxygen atoms in total. The molecular formula is C16H15N3O2. The summed E-state index contributed by atoms with van der Waals surface area (Å²) in [5, 5.41) is 8.86. The molecule has 1 amide bonds. The third kappa shape index (κ3) is 3.80. The Kier molecular flexibility index (Phi) is 4.52. The zero-order chi connectivity index (χ0) is 15.2. The van der Waals surface area contributed by atoms with Crippen LogP contribution in [-0.4, -0.2) is 22.4 Å². The second kappa shape index (κ2) is 6.53. The van der Waals surface area contributed by atoms with E-state index in [0.29, 0.717) is 12.1 Å². The summed E-state index contributed by atoms with van der Waals surface area (Å²) in [6.07, 6.45) is 1.59. The number of rotatable bonds is 4. The van der Waals surface area contributed by atoms with Gasteiger partial charge in [0, 0.05) is 25.9 Å². The van der Waals surface area contributed by atoms with Gasteiger partial charge in [0.2, 0.25) is 5.91 Å². The molecule has 21 heavy (non-hydrogen) atoms. The Morgan fingerprint density at radius 1 is 1.29 bits per heavy atom. The van der Waals surface area contributed by atoms with Crippen molar-refractivity contribution in [2.24, 2.45) is 0 Å². The Labute approximate surface area is 122 Å². The van der Waals surface area contributed by atoms with Gasteiger partial charge in [0.1, 0.15) is 6.54 Å². The Bertz CT molecular complexity index is 743. The molecule has 0 saturated heterocycles. The lowest BCUT2D eigenvalue weighted by molar-refractivity contribution is -0.131. The highest BCUT2D eigenvalue weighted by Gasteiger charge is 2.10. The number of carbonyl (C=O) groups excluding carboxylic acids is 1. The molecule has 0 aliphatic rings. The maximum atomic E-state index is 12.1. The number of hydrogen-bond donors (Lipinski definition) is 0. The van der Waals surface area contributed by atoms with Crippen LogP contribution >= 0.6 is 0 Å². The first kappa shape index (κ1) is 14.5. The fourth-order valence-corrected chi connectivity index (χ4v) is 1.96. The Morgan fingerprint density at radius 2 is 2.10 bits per heavy atom. The molecule has 0 aliphatic carbocycles. The van der Waals surface area contributed by atoms with Gasteiger partial charge in [-0.15, -0.1) is 0 Å². The van der Waals surface area contributed by atoms with E-state index in [1.165, 1.54) is 15.5 Å². The van der Waals surface area contributed by atoms with Crippen molar-refractivity contribution in [2.75, 3.05) is 7.05 Å². The smallest absolute Gasteiger partial charge is 0.250 e. The van der Waals surface area contributed by atoms with Gasteiger partial charge >= 0.3 is 0 Å². The number of benzene rings is 1. The van der Waals surface area contributed by atoms with Crippen molar-refractivity contribution in [3.05, 3.63) is 70.1 Å². The molecule has 1 aromatic carbocycles. The fourth-order valence-electron chi connectivity index (χ4n) is 1.96. The van der Waals surface area contributed by atoms with E-state index in [1.54, 1.807) is 43.6 Å². The molecule has 0 radical (unpaired) electrons. The van der Waals surface area contributed by atoms with Crippen molar-refractivity contribution in [3.8, 4) is 6.07 Å². The first-order valence-electron chi connectivity index (χ1n) is 6.48. The van der Waals surface area contributed by atoms with Crippen LogP contribution in [0.5, 0.6) is 0 Å². The summed E-state index contributed by atoms with van der Waals surface area (Å²) in [6, 6.07) is 14.0. The summed E-state index contributed by atoms with van der Waals surface area (Å²) in [5.41, 5.74) is 1.24. The number of likely N-dealkylation sites (N-methyl/N-ethyl adjacent to an activating group) is 1. The lowest BCUT2D eigenvalue weighted by Gasteiger charge is -2.18. The normalized spacial score (nSPS) is 9.90. The molecule has 1 aromatic heterocycles. The Morgan fingerprint density at radius 3 is 2.81 bits per heavy atom. The van der Waals surface area contributed by atoms with Gasteiger partial charge in [0.25, 0.3) is 5.56 Å². The number of pyridine rings is 1. The molecule has 5 heteroatoms. The SMILES string of the molecule is CN(Cc1cccc(C#N)c1)C(=O)Cn1ccccc1=O. The minimum atomic E-state index is -0.203. The molecule has 2 aromatic rings. The maximum Gasteiger partial charge on any atom is 0.250 e. The van der Waals surface area contributed by atoms with E-state index in [2.05, 4.69) is 6.07 Å². The summed E-state index contributed by atoms with van der Waals surface area (Å²) in [6.45, 7) is 0.407. The van der Waals surface area contributed by atoms with E-state index in [9.17, 15) is 9.59 Å².